The van der Waals surface area contributed by atoms with Gasteiger partial charge in [-0.15, -0.1) is 0 Å². The third kappa shape index (κ3) is 4.04. The van der Waals surface area contributed by atoms with Crippen LogP contribution in [0.2, 0.25) is 0 Å². The molecule has 1 aliphatic rings. The monoisotopic (exact) mass is 264 g/mol. The van der Waals surface area contributed by atoms with Crippen LogP contribution in [-0.4, -0.2) is 32.4 Å². The second-order valence-electron chi connectivity index (χ2n) is 4.64. The molecule has 19 heavy (non-hydrogen) atoms. The Labute approximate surface area is 113 Å². The lowest BCUT2D eigenvalue weighted by Crippen LogP contribution is -2.31. The lowest BCUT2D eigenvalue weighted by Gasteiger charge is -2.26. The van der Waals surface area contributed by atoms with Gasteiger partial charge in [0.2, 0.25) is 6.29 Å². The molecule has 0 aromatic heterocycles. The first kappa shape index (κ1) is 14.0. The Balaban J connectivity index is 1.86. The summed E-state index contributed by atoms with van der Waals surface area (Å²) in [6.45, 7) is 3.92. The molecule has 0 bridgehead atoms. The zero-order valence-electron chi connectivity index (χ0n) is 11.2. The molecule has 0 spiro atoms. The SMILES string of the molecule is CCCCOc1ccc(C2COC(C=O)OC2)cc1. The van der Waals surface area contributed by atoms with Crippen LogP contribution < -0.4 is 4.74 Å². The fourth-order valence-electron chi connectivity index (χ4n) is 1.96. The van der Waals surface area contributed by atoms with E-state index in [1.165, 1.54) is 0 Å². The van der Waals surface area contributed by atoms with Gasteiger partial charge in [0.15, 0.2) is 6.29 Å². The van der Waals surface area contributed by atoms with Crippen molar-refractivity contribution in [1.29, 1.82) is 0 Å². The largest absolute Gasteiger partial charge is 0.494 e. The summed E-state index contributed by atoms with van der Waals surface area (Å²) in [7, 11) is 0. The normalized spacial score (nSPS) is 23.0. The van der Waals surface area contributed by atoms with E-state index in [1.54, 1.807) is 0 Å². The average molecular weight is 264 g/mol. The van der Waals surface area contributed by atoms with Crippen molar-refractivity contribution < 1.29 is 19.0 Å². The summed E-state index contributed by atoms with van der Waals surface area (Å²) in [6, 6.07) is 7.99. The van der Waals surface area contributed by atoms with Gasteiger partial charge in [0, 0.05) is 5.92 Å². The van der Waals surface area contributed by atoms with Gasteiger partial charge in [0.25, 0.3) is 0 Å². The van der Waals surface area contributed by atoms with Gasteiger partial charge in [-0.1, -0.05) is 25.5 Å². The zero-order chi connectivity index (χ0) is 13.5. The highest BCUT2D eigenvalue weighted by Crippen LogP contribution is 2.24. The van der Waals surface area contributed by atoms with Crippen LogP contribution in [0.15, 0.2) is 24.3 Å². The molecule has 0 N–H and O–H groups in total. The molecule has 1 aromatic carbocycles. The van der Waals surface area contributed by atoms with Crippen LogP contribution >= 0.6 is 0 Å². The summed E-state index contributed by atoms with van der Waals surface area (Å²) < 4.78 is 16.2. The van der Waals surface area contributed by atoms with Gasteiger partial charge in [-0.25, -0.2) is 0 Å². The third-order valence-corrected chi connectivity index (χ3v) is 3.15. The Hall–Kier alpha value is -1.39. The van der Waals surface area contributed by atoms with Crippen molar-refractivity contribution in [3.8, 4) is 5.75 Å². The van der Waals surface area contributed by atoms with Crippen molar-refractivity contribution in [2.24, 2.45) is 0 Å². The first-order valence-corrected chi connectivity index (χ1v) is 6.74. The van der Waals surface area contributed by atoms with Crippen LogP contribution in [0.5, 0.6) is 5.75 Å². The second-order valence-corrected chi connectivity index (χ2v) is 4.64. The van der Waals surface area contributed by atoms with Crippen LogP contribution in [-0.2, 0) is 14.3 Å². The number of hydrogen-bond acceptors (Lipinski definition) is 4. The van der Waals surface area contributed by atoms with Crippen molar-refractivity contribution >= 4 is 6.29 Å². The van der Waals surface area contributed by atoms with Crippen LogP contribution in [0.3, 0.4) is 0 Å². The van der Waals surface area contributed by atoms with E-state index in [2.05, 4.69) is 6.92 Å². The maximum absolute atomic E-state index is 10.5. The number of aldehydes is 1. The number of ether oxygens (including phenoxy) is 3. The van der Waals surface area contributed by atoms with Crippen molar-refractivity contribution in [2.75, 3.05) is 19.8 Å². The topological polar surface area (TPSA) is 44.8 Å². The minimum absolute atomic E-state index is 0.181. The van der Waals surface area contributed by atoms with Gasteiger partial charge in [0.1, 0.15) is 5.75 Å². The lowest BCUT2D eigenvalue weighted by molar-refractivity contribution is -0.183. The molecule has 0 amide bonds. The number of benzene rings is 1. The van der Waals surface area contributed by atoms with Crippen molar-refractivity contribution in [3.05, 3.63) is 29.8 Å². The third-order valence-electron chi connectivity index (χ3n) is 3.15. The highest BCUT2D eigenvalue weighted by Gasteiger charge is 2.22. The molecule has 1 aliphatic heterocycles. The summed E-state index contributed by atoms with van der Waals surface area (Å²) in [5, 5.41) is 0. The molecule has 2 rings (SSSR count). The van der Waals surface area contributed by atoms with Crippen LogP contribution in [0, 0.1) is 0 Å². The Bertz CT molecular complexity index is 380. The van der Waals surface area contributed by atoms with E-state index in [1.807, 2.05) is 24.3 Å². The predicted molar refractivity (Wildman–Crippen MR) is 71.3 cm³/mol. The summed E-state index contributed by atoms with van der Waals surface area (Å²) in [6.07, 6.45) is 2.18. The highest BCUT2D eigenvalue weighted by atomic mass is 16.7. The highest BCUT2D eigenvalue weighted by molar-refractivity contribution is 5.54. The number of hydrogen-bond donors (Lipinski definition) is 0. The molecule has 4 nitrogen and oxygen atoms in total. The Morgan fingerprint density at radius 3 is 2.53 bits per heavy atom. The molecular formula is C15H20O4. The summed E-state index contributed by atoms with van der Waals surface area (Å²) in [4.78, 5) is 10.5. The molecule has 1 saturated heterocycles. The van der Waals surface area contributed by atoms with Gasteiger partial charge in [-0.2, -0.15) is 0 Å². The molecule has 0 atom stereocenters. The molecule has 1 aromatic rings. The molecule has 0 radical (unpaired) electrons. The van der Waals surface area contributed by atoms with Gasteiger partial charge in [0.05, 0.1) is 19.8 Å². The Morgan fingerprint density at radius 2 is 1.95 bits per heavy atom. The van der Waals surface area contributed by atoms with E-state index in [9.17, 15) is 4.79 Å². The minimum atomic E-state index is -0.701. The van der Waals surface area contributed by atoms with Gasteiger partial charge in [-0.3, -0.25) is 4.79 Å². The average Bonchev–Trinajstić information content (AvgIpc) is 2.48. The van der Waals surface area contributed by atoms with Gasteiger partial charge < -0.3 is 14.2 Å². The number of rotatable bonds is 6. The molecule has 0 aliphatic carbocycles. The smallest absolute Gasteiger partial charge is 0.214 e. The van der Waals surface area contributed by atoms with E-state index in [4.69, 9.17) is 14.2 Å². The summed E-state index contributed by atoms with van der Waals surface area (Å²) in [5.41, 5.74) is 1.15. The molecular weight excluding hydrogens is 244 g/mol. The van der Waals surface area contributed by atoms with Gasteiger partial charge >= 0.3 is 0 Å². The summed E-state index contributed by atoms with van der Waals surface area (Å²) in [5.74, 6) is 1.07. The fraction of sp³-hybridized carbons (Fsp3) is 0.533. The molecule has 1 fully saturated rings. The number of carbonyl (C=O) groups is 1. The van der Waals surface area contributed by atoms with Crippen molar-refractivity contribution in [2.45, 2.75) is 32.0 Å². The Morgan fingerprint density at radius 1 is 1.26 bits per heavy atom. The lowest BCUT2D eigenvalue weighted by atomic mass is 10.0. The first-order valence-electron chi connectivity index (χ1n) is 6.74. The second kappa shape index (κ2) is 7.26. The van der Waals surface area contributed by atoms with Crippen molar-refractivity contribution in [1.82, 2.24) is 0 Å². The van der Waals surface area contributed by atoms with E-state index in [0.29, 0.717) is 19.5 Å². The molecule has 1 heterocycles. The molecule has 0 unspecified atom stereocenters. The standard InChI is InChI=1S/C15H20O4/c1-2-3-8-17-14-6-4-12(5-7-14)13-10-18-15(9-16)19-11-13/h4-7,9,13,15H,2-3,8,10-11H2,1H3. The van der Waals surface area contributed by atoms with E-state index < -0.39 is 6.29 Å². The zero-order valence-corrected chi connectivity index (χ0v) is 11.2. The fourth-order valence-corrected chi connectivity index (χ4v) is 1.96. The Kier molecular flexibility index (Phi) is 5.36. The summed E-state index contributed by atoms with van der Waals surface area (Å²) >= 11 is 0. The predicted octanol–water partition coefficient (Wildman–Crippen LogP) is 2.52. The molecule has 0 saturated carbocycles. The quantitative estimate of drug-likeness (QED) is 0.585. The van der Waals surface area contributed by atoms with E-state index >= 15 is 0 Å². The van der Waals surface area contributed by atoms with Crippen LogP contribution in [0.1, 0.15) is 31.2 Å². The number of carbonyl (C=O) groups excluding carboxylic acids is 1. The molecule has 4 heteroatoms. The molecule has 104 valence electrons. The van der Waals surface area contributed by atoms with Crippen LogP contribution in [0.4, 0.5) is 0 Å². The van der Waals surface area contributed by atoms with Crippen molar-refractivity contribution in [3.63, 3.8) is 0 Å². The number of unbranched alkanes of at least 4 members (excludes halogenated alkanes) is 1. The van der Waals surface area contributed by atoms with Gasteiger partial charge in [-0.05, 0) is 24.1 Å². The maximum Gasteiger partial charge on any atom is 0.214 e. The minimum Gasteiger partial charge on any atom is -0.494 e. The van der Waals surface area contributed by atoms with Crippen LogP contribution in [0.25, 0.3) is 0 Å². The maximum atomic E-state index is 10.5. The van der Waals surface area contributed by atoms with E-state index in [0.717, 1.165) is 30.8 Å². The first-order chi connectivity index (χ1) is 9.33. The van der Waals surface area contributed by atoms with E-state index in [-0.39, 0.29) is 5.92 Å².